The molecule has 120 valence electrons. The number of imidazole rings is 1. The van der Waals surface area contributed by atoms with Crippen LogP contribution in [0.2, 0.25) is 0 Å². The van der Waals surface area contributed by atoms with Crippen molar-refractivity contribution < 1.29 is 4.74 Å². The lowest BCUT2D eigenvalue weighted by Gasteiger charge is -2.23. The molecule has 0 spiro atoms. The molecule has 0 aromatic carbocycles. The molecular formula is C16H25N5O. The maximum atomic E-state index is 5.07. The first kappa shape index (κ1) is 15.2. The van der Waals surface area contributed by atoms with Crippen LogP contribution >= 0.6 is 0 Å². The largest absolute Gasteiger partial charge is 0.383 e. The van der Waals surface area contributed by atoms with Gasteiger partial charge in [-0.2, -0.15) is 5.10 Å². The normalized spacial score (nSPS) is 17.6. The molecule has 3 heterocycles. The quantitative estimate of drug-likeness (QED) is 0.846. The van der Waals surface area contributed by atoms with Gasteiger partial charge in [-0.05, 0) is 19.8 Å². The number of nitrogens with one attached hydrogen (secondary N) is 1. The predicted molar refractivity (Wildman–Crippen MR) is 84.7 cm³/mol. The molecule has 1 unspecified atom stereocenters. The van der Waals surface area contributed by atoms with Crippen molar-refractivity contribution >= 4 is 0 Å². The second-order valence-corrected chi connectivity index (χ2v) is 6.01. The van der Waals surface area contributed by atoms with Crippen molar-refractivity contribution in [3.63, 3.8) is 0 Å². The van der Waals surface area contributed by atoms with Crippen molar-refractivity contribution in [2.75, 3.05) is 20.3 Å². The average Bonchev–Trinajstić information content (AvgIpc) is 3.11. The summed E-state index contributed by atoms with van der Waals surface area (Å²) in [4.78, 5) is 4.69. The third kappa shape index (κ3) is 3.56. The summed E-state index contributed by atoms with van der Waals surface area (Å²) < 4.78 is 9.31. The van der Waals surface area contributed by atoms with Gasteiger partial charge in [0.2, 0.25) is 0 Å². The summed E-state index contributed by atoms with van der Waals surface area (Å²) in [6, 6.07) is 0. The SMILES string of the molecule is COCCn1cc(CNCC2CCCn3cc(C)nc32)cn1. The van der Waals surface area contributed by atoms with Gasteiger partial charge < -0.3 is 14.6 Å². The standard InChI is InChI=1S/C16H25N5O/c1-13-11-20-5-3-4-15(16(20)19-13)10-17-8-14-9-18-21(12-14)6-7-22-2/h9,11-12,15,17H,3-8,10H2,1-2H3. The molecule has 0 fully saturated rings. The molecule has 1 N–H and O–H groups in total. The van der Waals surface area contributed by atoms with Crippen LogP contribution in [0.15, 0.2) is 18.6 Å². The molecule has 0 radical (unpaired) electrons. The average molecular weight is 303 g/mol. The van der Waals surface area contributed by atoms with Crippen LogP contribution < -0.4 is 5.32 Å². The fourth-order valence-corrected chi connectivity index (χ4v) is 3.10. The molecule has 1 aliphatic heterocycles. The lowest BCUT2D eigenvalue weighted by Crippen LogP contribution is -2.26. The molecule has 2 aromatic rings. The Balaban J connectivity index is 1.50. The van der Waals surface area contributed by atoms with Crippen molar-refractivity contribution in [2.24, 2.45) is 0 Å². The summed E-state index contributed by atoms with van der Waals surface area (Å²) in [7, 11) is 1.71. The smallest absolute Gasteiger partial charge is 0.113 e. The highest BCUT2D eigenvalue weighted by atomic mass is 16.5. The highest BCUT2D eigenvalue weighted by molar-refractivity contribution is 5.10. The van der Waals surface area contributed by atoms with Crippen LogP contribution in [0.25, 0.3) is 0 Å². The first-order valence-electron chi connectivity index (χ1n) is 8.01. The Hall–Kier alpha value is -1.66. The molecule has 22 heavy (non-hydrogen) atoms. The van der Waals surface area contributed by atoms with Crippen LogP contribution in [0, 0.1) is 6.92 Å². The Morgan fingerprint density at radius 3 is 3.18 bits per heavy atom. The van der Waals surface area contributed by atoms with E-state index in [1.165, 1.54) is 24.2 Å². The van der Waals surface area contributed by atoms with Crippen LogP contribution in [-0.2, 0) is 24.4 Å². The Bertz CT molecular complexity index is 603. The molecule has 6 nitrogen and oxygen atoms in total. The second-order valence-electron chi connectivity index (χ2n) is 6.01. The fraction of sp³-hybridized carbons (Fsp3) is 0.625. The van der Waals surface area contributed by atoms with Crippen molar-refractivity contribution in [3.05, 3.63) is 35.7 Å². The molecule has 1 atom stereocenters. The number of hydrogen-bond acceptors (Lipinski definition) is 4. The van der Waals surface area contributed by atoms with E-state index in [2.05, 4.69) is 39.3 Å². The van der Waals surface area contributed by atoms with E-state index in [4.69, 9.17) is 4.74 Å². The van der Waals surface area contributed by atoms with Crippen molar-refractivity contribution in [2.45, 2.75) is 45.3 Å². The zero-order chi connectivity index (χ0) is 15.4. The maximum Gasteiger partial charge on any atom is 0.113 e. The van der Waals surface area contributed by atoms with Crippen LogP contribution in [0.1, 0.15) is 35.8 Å². The van der Waals surface area contributed by atoms with Crippen molar-refractivity contribution in [1.82, 2.24) is 24.6 Å². The monoisotopic (exact) mass is 303 g/mol. The van der Waals surface area contributed by atoms with E-state index in [9.17, 15) is 0 Å². The molecule has 0 aliphatic carbocycles. The second kappa shape index (κ2) is 7.07. The van der Waals surface area contributed by atoms with Gasteiger partial charge in [0.25, 0.3) is 0 Å². The van der Waals surface area contributed by atoms with Gasteiger partial charge in [-0.25, -0.2) is 4.98 Å². The van der Waals surface area contributed by atoms with Crippen LogP contribution in [0.5, 0.6) is 0 Å². The number of rotatable bonds is 7. The van der Waals surface area contributed by atoms with E-state index in [-0.39, 0.29) is 0 Å². The van der Waals surface area contributed by atoms with E-state index in [0.29, 0.717) is 12.5 Å². The molecule has 0 saturated carbocycles. The Kier molecular flexibility index (Phi) is 4.90. The number of nitrogens with zero attached hydrogens (tertiary/aromatic N) is 4. The van der Waals surface area contributed by atoms with Gasteiger partial charge in [0.1, 0.15) is 5.82 Å². The van der Waals surface area contributed by atoms with E-state index in [1.54, 1.807) is 7.11 Å². The van der Waals surface area contributed by atoms with E-state index in [0.717, 1.165) is 31.9 Å². The Morgan fingerprint density at radius 1 is 1.41 bits per heavy atom. The van der Waals surface area contributed by atoms with E-state index in [1.807, 2.05) is 10.9 Å². The van der Waals surface area contributed by atoms with Gasteiger partial charge >= 0.3 is 0 Å². The van der Waals surface area contributed by atoms with Crippen LogP contribution in [0.3, 0.4) is 0 Å². The van der Waals surface area contributed by atoms with Gasteiger partial charge in [0, 0.05) is 50.6 Å². The molecule has 1 aliphatic rings. The number of methoxy groups -OCH3 is 1. The minimum Gasteiger partial charge on any atom is -0.383 e. The number of hydrogen-bond donors (Lipinski definition) is 1. The summed E-state index contributed by atoms with van der Waals surface area (Å²) in [5, 5.41) is 7.89. The van der Waals surface area contributed by atoms with Gasteiger partial charge in [-0.1, -0.05) is 0 Å². The molecule has 3 rings (SSSR count). The van der Waals surface area contributed by atoms with E-state index < -0.39 is 0 Å². The minimum atomic E-state index is 0.519. The summed E-state index contributed by atoms with van der Waals surface area (Å²) in [6.45, 7) is 6.50. The number of aromatic nitrogens is 4. The molecular weight excluding hydrogens is 278 g/mol. The summed E-state index contributed by atoms with van der Waals surface area (Å²) in [5.74, 6) is 1.76. The van der Waals surface area contributed by atoms with E-state index >= 15 is 0 Å². The topological polar surface area (TPSA) is 56.9 Å². The van der Waals surface area contributed by atoms with Gasteiger partial charge in [0.15, 0.2) is 0 Å². The minimum absolute atomic E-state index is 0.519. The Morgan fingerprint density at radius 2 is 2.32 bits per heavy atom. The van der Waals surface area contributed by atoms with Crippen molar-refractivity contribution in [1.29, 1.82) is 0 Å². The molecule has 0 amide bonds. The summed E-state index contributed by atoms with van der Waals surface area (Å²) in [5.41, 5.74) is 2.34. The third-order valence-electron chi connectivity index (χ3n) is 4.18. The third-order valence-corrected chi connectivity index (χ3v) is 4.18. The fourth-order valence-electron chi connectivity index (χ4n) is 3.10. The lowest BCUT2D eigenvalue weighted by atomic mass is 9.99. The zero-order valence-electron chi connectivity index (χ0n) is 13.5. The lowest BCUT2D eigenvalue weighted by molar-refractivity contribution is 0.183. The van der Waals surface area contributed by atoms with Gasteiger partial charge in [0.05, 0.1) is 25.0 Å². The van der Waals surface area contributed by atoms with Crippen molar-refractivity contribution in [3.8, 4) is 0 Å². The maximum absolute atomic E-state index is 5.07. The molecule has 2 aromatic heterocycles. The Labute approximate surface area is 131 Å². The first-order valence-corrected chi connectivity index (χ1v) is 8.01. The highest BCUT2D eigenvalue weighted by Crippen LogP contribution is 2.26. The predicted octanol–water partition coefficient (Wildman–Crippen LogP) is 1.70. The first-order chi connectivity index (χ1) is 10.8. The number of aryl methyl sites for hydroxylation is 2. The van der Waals surface area contributed by atoms with Gasteiger partial charge in [-0.3, -0.25) is 4.68 Å². The number of ether oxygens (including phenoxy) is 1. The van der Waals surface area contributed by atoms with Crippen LogP contribution in [0.4, 0.5) is 0 Å². The highest BCUT2D eigenvalue weighted by Gasteiger charge is 2.21. The number of fused-ring (bicyclic) bond motifs is 1. The summed E-state index contributed by atoms with van der Waals surface area (Å²) >= 11 is 0. The molecule has 0 bridgehead atoms. The summed E-state index contributed by atoms with van der Waals surface area (Å²) in [6.07, 6.45) is 8.63. The van der Waals surface area contributed by atoms with Gasteiger partial charge in [-0.15, -0.1) is 0 Å². The molecule has 0 saturated heterocycles. The molecule has 6 heteroatoms. The van der Waals surface area contributed by atoms with Crippen LogP contribution in [-0.4, -0.2) is 39.6 Å². The zero-order valence-corrected chi connectivity index (χ0v) is 13.5.